The van der Waals surface area contributed by atoms with Crippen molar-refractivity contribution in [3.05, 3.63) is 71.4 Å². The van der Waals surface area contributed by atoms with Crippen LogP contribution in [0.4, 0.5) is 0 Å². The van der Waals surface area contributed by atoms with Gasteiger partial charge in [-0.05, 0) is 56.5 Å². The third-order valence-corrected chi connectivity index (χ3v) is 6.40. The fourth-order valence-corrected chi connectivity index (χ4v) is 4.78. The molecule has 2 heterocycles. The van der Waals surface area contributed by atoms with E-state index in [9.17, 15) is 4.79 Å². The maximum atomic E-state index is 13.4. The summed E-state index contributed by atoms with van der Waals surface area (Å²) in [7, 11) is 0. The monoisotopic (exact) mass is 403 g/mol. The first-order chi connectivity index (χ1) is 14.7. The average Bonchev–Trinajstić information content (AvgIpc) is 3.40. The van der Waals surface area contributed by atoms with Crippen molar-refractivity contribution in [1.29, 1.82) is 0 Å². The lowest BCUT2D eigenvalue weighted by molar-refractivity contribution is 0.0928. The maximum Gasteiger partial charge on any atom is 0.268 e. The van der Waals surface area contributed by atoms with Gasteiger partial charge in [-0.25, -0.2) is 0 Å². The molecule has 4 rings (SSSR count). The minimum absolute atomic E-state index is 0.0416. The van der Waals surface area contributed by atoms with E-state index in [0.29, 0.717) is 6.54 Å². The molecule has 0 saturated carbocycles. The molecule has 0 aliphatic carbocycles. The summed E-state index contributed by atoms with van der Waals surface area (Å²) >= 11 is 0. The average molecular weight is 404 g/mol. The van der Waals surface area contributed by atoms with Crippen molar-refractivity contribution in [3.8, 4) is 0 Å². The highest BCUT2D eigenvalue weighted by Crippen LogP contribution is 2.27. The second-order valence-corrected chi connectivity index (χ2v) is 8.38. The number of benzene rings is 2. The first kappa shape index (κ1) is 20.7. The summed E-state index contributed by atoms with van der Waals surface area (Å²) in [5, 5.41) is 4.47. The Labute approximate surface area is 179 Å². The molecule has 0 bridgehead atoms. The minimum atomic E-state index is 0.0416. The summed E-state index contributed by atoms with van der Waals surface area (Å²) in [5.74, 6) is 0.0416. The highest BCUT2D eigenvalue weighted by Gasteiger charge is 2.25. The summed E-state index contributed by atoms with van der Waals surface area (Å²) in [6.07, 6.45) is 4.65. The molecule has 4 nitrogen and oxygen atoms in total. The van der Waals surface area contributed by atoms with Gasteiger partial charge in [0.25, 0.3) is 5.91 Å². The Hall–Kier alpha value is -2.59. The van der Waals surface area contributed by atoms with Crippen molar-refractivity contribution in [1.82, 2.24) is 14.8 Å². The zero-order chi connectivity index (χ0) is 20.9. The molecule has 3 aromatic rings. The molecular weight excluding hydrogens is 370 g/mol. The lowest BCUT2D eigenvalue weighted by Crippen LogP contribution is -2.37. The molecule has 1 saturated heterocycles. The van der Waals surface area contributed by atoms with E-state index >= 15 is 0 Å². The molecule has 1 aliphatic rings. The van der Waals surface area contributed by atoms with Gasteiger partial charge in [-0.15, -0.1) is 0 Å². The van der Waals surface area contributed by atoms with Gasteiger partial charge in [-0.2, -0.15) is 0 Å². The highest BCUT2D eigenvalue weighted by atomic mass is 16.2. The number of aryl methyl sites for hydroxylation is 2. The Bertz CT molecular complexity index is 986. The van der Waals surface area contributed by atoms with Crippen LogP contribution in [-0.4, -0.2) is 35.0 Å². The maximum absolute atomic E-state index is 13.4. The fourth-order valence-electron chi connectivity index (χ4n) is 4.78. The predicted octanol–water partition coefficient (Wildman–Crippen LogP) is 5.32. The standard InChI is InChI=1S/C26H33N3O/c1-3-4-18-29-23-15-9-8-14-22(23)20(2)25(29)26(30)27-19-24(28-16-10-11-17-28)21-12-6-5-7-13-21/h5-9,12-15,24H,3-4,10-11,16-19H2,1-2H3,(H,27,30). The molecule has 30 heavy (non-hydrogen) atoms. The van der Waals surface area contributed by atoms with Crippen LogP contribution >= 0.6 is 0 Å². The van der Waals surface area contributed by atoms with Crippen molar-refractivity contribution in [2.24, 2.45) is 0 Å². The molecule has 1 N–H and O–H groups in total. The van der Waals surface area contributed by atoms with Crippen LogP contribution in [0.3, 0.4) is 0 Å². The number of para-hydroxylation sites is 1. The van der Waals surface area contributed by atoms with Crippen molar-refractivity contribution in [2.75, 3.05) is 19.6 Å². The van der Waals surface area contributed by atoms with Gasteiger partial charge >= 0.3 is 0 Å². The van der Waals surface area contributed by atoms with Crippen LogP contribution in [0.5, 0.6) is 0 Å². The number of nitrogens with zero attached hydrogens (tertiary/aromatic N) is 2. The Balaban J connectivity index is 1.59. The smallest absolute Gasteiger partial charge is 0.268 e. The SMILES string of the molecule is CCCCn1c(C(=O)NCC(c2ccccc2)N2CCCC2)c(C)c2ccccc21. The lowest BCUT2D eigenvalue weighted by Gasteiger charge is -2.28. The molecule has 4 heteroatoms. The summed E-state index contributed by atoms with van der Waals surface area (Å²) < 4.78 is 2.22. The second kappa shape index (κ2) is 9.48. The molecule has 1 atom stereocenters. The number of nitrogens with one attached hydrogen (secondary N) is 1. The van der Waals surface area contributed by atoms with E-state index in [0.717, 1.165) is 49.2 Å². The Kier molecular flexibility index (Phi) is 6.53. The largest absolute Gasteiger partial charge is 0.349 e. The summed E-state index contributed by atoms with van der Waals surface area (Å²) in [4.78, 5) is 15.9. The topological polar surface area (TPSA) is 37.3 Å². The predicted molar refractivity (Wildman–Crippen MR) is 124 cm³/mol. The van der Waals surface area contributed by atoms with E-state index in [2.05, 4.69) is 83.2 Å². The van der Waals surface area contributed by atoms with Gasteiger partial charge < -0.3 is 9.88 Å². The lowest BCUT2D eigenvalue weighted by atomic mass is 10.1. The van der Waals surface area contributed by atoms with E-state index in [1.165, 1.54) is 23.8 Å². The zero-order valence-electron chi connectivity index (χ0n) is 18.2. The van der Waals surface area contributed by atoms with Gasteiger partial charge in [0.1, 0.15) is 5.69 Å². The number of hydrogen-bond donors (Lipinski definition) is 1. The Morgan fingerprint density at radius 1 is 1.03 bits per heavy atom. The molecule has 1 amide bonds. The van der Waals surface area contributed by atoms with E-state index in [1.807, 2.05) is 0 Å². The van der Waals surface area contributed by atoms with E-state index < -0.39 is 0 Å². The first-order valence-corrected chi connectivity index (χ1v) is 11.4. The van der Waals surface area contributed by atoms with Gasteiger partial charge in [-0.3, -0.25) is 9.69 Å². The Morgan fingerprint density at radius 3 is 2.47 bits per heavy atom. The second-order valence-electron chi connectivity index (χ2n) is 8.38. The summed E-state index contributed by atoms with van der Waals surface area (Å²) in [6.45, 7) is 7.99. The van der Waals surface area contributed by atoms with Gasteiger partial charge in [0.2, 0.25) is 0 Å². The number of rotatable bonds is 8. The van der Waals surface area contributed by atoms with E-state index in [4.69, 9.17) is 0 Å². The molecule has 2 aromatic carbocycles. The highest BCUT2D eigenvalue weighted by molar-refractivity contribution is 6.01. The van der Waals surface area contributed by atoms with Crippen molar-refractivity contribution in [3.63, 3.8) is 0 Å². The summed E-state index contributed by atoms with van der Waals surface area (Å²) in [5.41, 5.74) is 4.34. The van der Waals surface area contributed by atoms with Gasteiger partial charge in [0, 0.05) is 24.0 Å². The van der Waals surface area contributed by atoms with Gasteiger partial charge in [0.15, 0.2) is 0 Å². The van der Waals surface area contributed by atoms with Crippen LogP contribution in [0.25, 0.3) is 10.9 Å². The van der Waals surface area contributed by atoms with Crippen LogP contribution in [0, 0.1) is 6.92 Å². The van der Waals surface area contributed by atoms with Crippen LogP contribution in [0.2, 0.25) is 0 Å². The molecule has 1 aliphatic heterocycles. The number of aromatic nitrogens is 1. The van der Waals surface area contributed by atoms with Gasteiger partial charge in [0.05, 0.1) is 6.04 Å². The summed E-state index contributed by atoms with van der Waals surface area (Å²) in [6, 6.07) is 19.2. The van der Waals surface area contributed by atoms with Crippen LogP contribution in [0.1, 0.15) is 60.3 Å². The quantitative estimate of drug-likeness (QED) is 0.553. The van der Waals surface area contributed by atoms with E-state index in [1.54, 1.807) is 0 Å². The number of amides is 1. The fraction of sp³-hybridized carbons (Fsp3) is 0.423. The zero-order valence-corrected chi connectivity index (χ0v) is 18.2. The molecule has 0 spiro atoms. The van der Waals surface area contributed by atoms with Crippen LogP contribution < -0.4 is 5.32 Å². The number of likely N-dealkylation sites (tertiary alicyclic amines) is 1. The number of unbranched alkanes of at least 4 members (excludes halogenated alkanes) is 1. The van der Waals surface area contributed by atoms with Crippen molar-refractivity contribution in [2.45, 2.75) is 52.1 Å². The normalized spacial score (nSPS) is 15.5. The number of carbonyl (C=O) groups excluding carboxylic acids is 1. The molecule has 1 aromatic heterocycles. The van der Waals surface area contributed by atoms with E-state index in [-0.39, 0.29) is 11.9 Å². The number of fused-ring (bicyclic) bond motifs is 1. The van der Waals surface area contributed by atoms with Crippen LogP contribution in [-0.2, 0) is 6.54 Å². The van der Waals surface area contributed by atoms with Crippen molar-refractivity contribution >= 4 is 16.8 Å². The Morgan fingerprint density at radius 2 is 1.73 bits per heavy atom. The third kappa shape index (κ3) is 4.15. The molecule has 1 unspecified atom stereocenters. The first-order valence-electron chi connectivity index (χ1n) is 11.4. The third-order valence-electron chi connectivity index (χ3n) is 6.40. The molecule has 158 valence electrons. The van der Waals surface area contributed by atoms with Crippen molar-refractivity contribution < 1.29 is 4.79 Å². The molecule has 0 radical (unpaired) electrons. The number of hydrogen-bond acceptors (Lipinski definition) is 2. The van der Waals surface area contributed by atoms with Crippen LogP contribution in [0.15, 0.2) is 54.6 Å². The number of carbonyl (C=O) groups is 1. The minimum Gasteiger partial charge on any atom is -0.349 e. The van der Waals surface area contributed by atoms with Gasteiger partial charge in [-0.1, -0.05) is 61.9 Å². The molecular formula is C26H33N3O. The molecule has 1 fully saturated rings.